The van der Waals surface area contributed by atoms with Gasteiger partial charge in [-0.3, -0.25) is 4.79 Å². The van der Waals surface area contributed by atoms with Crippen molar-refractivity contribution in [3.63, 3.8) is 0 Å². The van der Waals surface area contributed by atoms with Crippen LogP contribution in [0.2, 0.25) is 0 Å². The highest BCUT2D eigenvalue weighted by Gasteiger charge is 2.03. The van der Waals surface area contributed by atoms with Gasteiger partial charge in [-0.1, -0.05) is 0 Å². The second-order valence-electron chi connectivity index (χ2n) is 1.93. The number of Topliss-reactive ketones (excluding diaryl/α,β-unsaturated/α-hetero) is 1. The largest absolute Gasteiger partial charge is 0.291 e. The van der Waals surface area contributed by atoms with Crippen molar-refractivity contribution >= 4 is 21.7 Å². The van der Waals surface area contributed by atoms with Crippen LogP contribution in [0.25, 0.3) is 0 Å². The van der Waals surface area contributed by atoms with Crippen molar-refractivity contribution in [1.29, 1.82) is 0 Å². The smallest absolute Gasteiger partial charge is 0.195 e. The number of alkyl halides is 1. The first-order chi connectivity index (χ1) is 5.24. The fourth-order valence-electron chi connectivity index (χ4n) is 0.618. The molecule has 1 aromatic heterocycles. The predicted octanol–water partition coefficient (Wildman–Crippen LogP) is 2.00. The third-order valence-corrected chi connectivity index (χ3v) is 1.64. The Morgan fingerprint density at radius 1 is 1.64 bits per heavy atom. The molecule has 0 aliphatic rings. The van der Waals surface area contributed by atoms with Crippen molar-refractivity contribution in [2.75, 3.05) is 6.67 Å². The minimum absolute atomic E-state index is 0.302. The van der Waals surface area contributed by atoms with E-state index in [0.717, 1.165) is 0 Å². The van der Waals surface area contributed by atoms with Crippen LogP contribution in [0.5, 0.6) is 0 Å². The average molecular weight is 218 g/mol. The topological polar surface area (TPSA) is 30.0 Å². The minimum atomic E-state index is -0.969. The number of hydrogen-bond acceptors (Lipinski definition) is 2. The Balaban J connectivity index is 2.90. The lowest BCUT2D eigenvalue weighted by Gasteiger charge is -1.93. The summed E-state index contributed by atoms with van der Waals surface area (Å²) in [4.78, 5) is 14.5. The van der Waals surface area contributed by atoms with Gasteiger partial charge in [0.15, 0.2) is 12.5 Å². The molecule has 1 rings (SSSR count). The molecule has 2 nitrogen and oxygen atoms in total. The number of rotatable bonds is 2. The third-order valence-electron chi connectivity index (χ3n) is 1.17. The Morgan fingerprint density at radius 2 is 2.36 bits per heavy atom. The highest BCUT2D eigenvalue weighted by molar-refractivity contribution is 9.10. The number of carbonyl (C=O) groups is 1. The highest BCUT2D eigenvalue weighted by Crippen LogP contribution is 2.06. The van der Waals surface area contributed by atoms with E-state index in [4.69, 9.17) is 0 Å². The van der Waals surface area contributed by atoms with Gasteiger partial charge in [0.2, 0.25) is 0 Å². The number of ketones is 1. The molecule has 0 fully saturated rings. The molecular formula is C7H5BrFNO. The zero-order valence-electron chi connectivity index (χ0n) is 5.55. The molecule has 4 heteroatoms. The Kier molecular flexibility index (Phi) is 2.70. The molecule has 0 bridgehead atoms. The molecule has 1 aromatic rings. The van der Waals surface area contributed by atoms with Gasteiger partial charge in [0.25, 0.3) is 0 Å². The van der Waals surface area contributed by atoms with Gasteiger partial charge >= 0.3 is 0 Å². The standard InChI is InChI=1S/C7H5BrFNO/c8-7-2-1-5(4-10-7)6(11)3-9/h1-2,4H,3H2. The summed E-state index contributed by atoms with van der Waals surface area (Å²) in [6, 6.07) is 3.13. The predicted molar refractivity (Wildman–Crippen MR) is 42.2 cm³/mol. The van der Waals surface area contributed by atoms with Gasteiger partial charge in [0, 0.05) is 11.8 Å². The van der Waals surface area contributed by atoms with Gasteiger partial charge < -0.3 is 0 Å². The Hall–Kier alpha value is -0.770. The second kappa shape index (κ2) is 3.57. The summed E-state index contributed by atoms with van der Waals surface area (Å²) < 4.78 is 12.4. The van der Waals surface area contributed by atoms with E-state index in [2.05, 4.69) is 20.9 Å². The molecule has 0 saturated carbocycles. The van der Waals surface area contributed by atoms with Gasteiger partial charge in [-0.2, -0.15) is 0 Å². The molecule has 0 N–H and O–H groups in total. The number of hydrogen-bond donors (Lipinski definition) is 0. The maximum atomic E-state index is 11.8. The molecule has 0 radical (unpaired) electrons. The monoisotopic (exact) mass is 217 g/mol. The molecule has 0 amide bonds. The van der Waals surface area contributed by atoms with Crippen LogP contribution in [-0.2, 0) is 0 Å². The lowest BCUT2D eigenvalue weighted by Crippen LogP contribution is -2.00. The van der Waals surface area contributed by atoms with E-state index in [9.17, 15) is 9.18 Å². The number of pyridine rings is 1. The van der Waals surface area contributed by atoms with E-state index in [1.165, 1.54) is 12.3 Å². The zero-order valence-corrected chi connectivity index (χ0v) is 7.14. The maximum Gasteiger partial charge on any atom is 0.195 e. The summed E-state index contributed by atoms with van der Waals surface area (Å²) in [7, 11) is 0. The first kappa shape index (κ1) is 8.33. The summed E-state index contributed by atoms with van der Waals surface area (Å²) in [5.41, 5.74) is 0.302. The van der Waals surface area contributed by atoms with E-state index in [1.54, 1.807) is 6.07 Å². The Bertz CT molecular complexity index is 260. The molecule has 0 unspecified atom stereocenters. The van der Waals surface area contributed by atoms with E-state index in [1.807, 2.05) is 0 Å². The maximum absolute atomic E-state index is 11.8. The van der Waals surface area contributed by atoms with Crippen LogP contribution >= 0.6 is 15.9 Å². The molecule has 1 heterocycles. The van der Waals surface area contributed by atoms with Crippen molar-refractivity contribution in [3.05, 3.63) is 28.5 Å². The van der Waals surface area contributed by atoms with E-state index < -0.39 is 12.5 Å². The molecule has 11 heavy (non-hydrogen) atoms. The molecule has 0 aliphatic heterocycles. The van der Waals surface area contributed by atoms with Crippen LogP contribution in [0.4, 0.5) is 4.39 Å². The SMILES string of the molecule is O=C(CF)c1ccc(Br)nc1. The normalized spacial score (nSPS) is 9.64. The van der Waals surface area contributed by atoms with Crippen molar-refractivity contribution in [2.24, 2.45) is 0 Å². The fraction of sp³-hybridized carbons (Fsp3) is 0.143. The van der Waals surface area contributed by atoms with Gasteiger partial charge in [0.05, 0.1) is 0 Å². The molecule has 0 aromatic carbocycles. The number of aromatic nitrogens is 1. The number of carbonyl (C=O) groups excluding carboxylic acids is 1. The summed E-state index contributed by atoms with van der Waals surface area (Å²) >= 11 is 3.10. The molecular weight excluding hydrogens is 213 g/mol. The fourth-order valence-corrected chi connectivity index (χ4v) is 0.852. The van der Waals surface area contributed by atoms with Crippen LogP contribution in [0.15, 0.2) is 22.9 Å². The van der Waals surface area contributed by atoms with Gasteiger partial charge in [0.1, 0.15) is 4.60 Å². The third kappa shape index (κ3) is 2.08. The van der Waals surface area contributed by atoms with Crippen LogP contribution < -0.4 is 0 Å². The summed E-state index contributed by atoms with van der Waals surface area (Å²) in [6.45, 7) is -0.969. The number of halogens is 2. The lowest BCUT2D eigenvalue weighted by atomic mass is 10.2. The summed E-state index contributed by atoms with van der Waals surface area (Å²) in [6.07, 6.45) is 1.34. The van der Waals surface area contributed by atoms with Crippen LogP contribution in [-0.4, -0.2) is 17.4 Å². The van der Waals surface area contributed by atoms with Crippen molar-refractivity contribution in [2.45, 2.75) is 0 Å². The number of nitrogens with zero attached hydrogens (tertiary/aromatic N) is 1. The summed E-state index contributed by atoms with van der Waals surface area (Å²) in [5.74, 6) is -0.537. The molecule has 0 aliphatic carbocycles. The van der Waals surface area contributed by atoms with Gasteiger partial charge in [-0.25, -0.2) is 9.37 Å². The van der Waals surface area contributed by atoms with Crippen LogP contribution in [0.1, 0.15) is 10.4 Å². The van der Waals surface area contributed by atoms with Crippen molar-refractivity contribution < 1.29 is 9.18 Å². The van der Waals surface area contributed by atoms with E-state index in [0.29, 0.717) is 10.2 Å². The molecule has 0 saturated heterocycles. The van der Waals surface area contributed by atoms with Gasteiger partial charge in [-0.05, 0) is 28.1 Å². The van der Waals surface area contributed by atoms with E-state index in [-0.39, 0.29) is 0 Å². The molecule has 0 spiro atoms. The minimum Gasteiger partial charge on any atom is -0.291 e. The van der Waals surface area contributed by atoms with Crippen molar-refractivity contribution in [1.82, 2.24) is 4.98 Å². The van der Waals surface area contributed by atoms with Gasteiger partial charge in [-0.15, -0.1) is 0 Å². The van der Waals surface area contributed by atoms with E-state index >= 15 is 0 Å². The molecule has 58 valence electrons. The summed E-state index contributed by atoms with van der Waals surface area (Å²) in [5, 5.41) is 0. The Labute approximate surface area is 71.6 Å². The van der Waals surface area contributed by atoms with Crippen molar-refractivity contribution in [3.8, 4) is 0 Å². The Morgan fingerprint density at radius 3 is 2.82 bits per heavy atom. The average Bonchev–Trinajstić information content (AvgIpc) is 2.05. The first-order valence-electron chi connectivity index (χ1n) is 2.95. The zero-order chi connectivity index (χ0) is 8.27. The quantitative estimate of drug-likeness (QED) is 0.561. The van der Waals surface area contributed by atoms with Crippen LogP contribution in [0.3, 0.4) is 0 Å². The van der Waals surface area contributed by atoms with Crippen LogP contribution in [0, 0.1) is 0 Å². The lowest BCUT2D eigenvalue weighted by molar-refractivity contribution is 0.0958. The molecule has 0 atom stereocenters. The second-order valence-corrected chi connectivity index (χ2v) is 2.74. The first-order valence-corrected chi connectivity index (χ1v) is 3.74. The highest BCUT2D eigenvalue weighted by atomic mass is 79.9.